The number of esters is 1. The number of carbonyl (C=O) groups is 1. The Balaban J connectivity index is 1.37. The van der Waals surface area contributed by atoms with Gasteiger partial charge in [-0.2, -0.15) is 0 Å². The Bertz CT molecular complexity index is 2280. The van der Waals surface area contributed by atoms with Crippen molar-refractivity contribution in [1.29, 1.82) is 0 Å². The Morgan fingerprint density at radius 1 is 1.19 bits per heavy atom. The van der Waals surface area contributed by atoms with Crippen LogP contribution in [-0.4, -0.2) is 37.2 Å². The number of H-pyrrole nitrogens is 1. The van der Waals surface area contributed by atoms with Crippen molar-refractivity contribution in [2.24, 2.45) is 4.99 Å². The Labute approximate surface area is 283 Å². The summed E-state index contributed by atoms with van der Waals surface area (Å²) in [5, 5.41) is 20.1. The summed E-state index contributed by atoms with van der Waals surface area (Å²) in [7, 11) is 0. The number of hydrogen-bond donors (Lipinski definition) is 1. The van der Waals surface area contributed by atoms with Gasteiger partial charge in [-0.3, -0.25) is 24.6 Å². The first-order valence-electron chi connectivity index (χ1n) is 13.8. The molecule has 1 aliphatic rings. The molecule has 1 atom stereocenters. The summed E-state index contributed by atoms with van der Waals surface area (Å²) >= 11 is 14.3. The highest BCUT2D eigenvalue weighted by Gasteiger charge is 2.33. The van der Waals surface area contributed by atoms with E-state index < -0.39 is 28.3 Å². The van der Waals surface area contributed by atoms with Crippen LogP contribution in [0.15, 0.2) is 91.8 Å². The standard InChI is InChI=1S/C31H21Cl2FN6O5S2/c1-3-45-29(42)25-15(2)35-31-39(26(25)17-5-8-19(34)9-6-17)28(41)24(47-31)13-16-4-11-23(22(12-16)40(43)44)46-30-36-27(37-38-30)20-10-7-18(32)14-21(20)33/h4-14,26H,3H2,1-2H3,(H,36,37,38)/b24-13+/t26-/m1/s1. The molecule has 3 aromatic carbocycles. The molecule has 2 aromatic heterocycles. The number of ether oxygens (including phenoxy) is 1. The fourth-order valence-electron chi connectivity index (χ4n) is 4.95. The van der Waals surface area contributed by atoms with E-state index in [2.05, 4.69) is 20.2 Å². The monoisotopic (exact) mass is 710 g/mol. The normalized spacial score (nSPS) is 14.6. The van der Waals surface area contributed by atoms with Crippen LogP contribution < -0.4 is 14.9 Å². The van der Waals surface area contributed by atoms with E-state index in [0.29, 0.717) is 43.1 Å². The molecule has 5 aromatic rings. The number of nitrogens with zero attached hydrogens (tertiary/aromatic N) is 5. The molecule has 238 valence electrons. The zero-order valence-electron chi connectivity index (χ0n) is 24.4. The fourth-order valence-corrected chi connectivity index (χ4v) is 7.29. The molecule has 0 fully saturated rings. The van der Waals surface area contributed by atoms with E-state index in [4.69, 9.17) is 27.9 Å². The number of aromatic nitrogens is 4. The van der Waals surface area contributed by atoms with E-state index in [0.717, 1.165) is 23.1 Å². The van der Waals surface area contributed by atoms with Crippen LogP contribution in [0.3, 0.4) is 0 Å². The molecule has 11 nitrogen and oxygen atoms in total. The molecular formula is C31H21Cl2FN6O5S2. The highest BCUT2D eigenvalue weighted by Crippen LogP contribution is 2.36. The lowest BCUT2D eigenvalue weighted by molar-refractivity contribution is -0.387. The molecule has 0 amide bonds. The molecule has 0 saturated carbocycles. The largest absolute Gasteiger partial charge is 0.463 e. The van der Waals surface area contributed by atoms with Crippen LogP contribution in [0.25, 0.3) is 17.5 Å². The van der Waals surface area contributed by atoms with Crippen LogP contribution in [0.5, 0.6) is 0 Å². The molecule has 0 radical (unpaired) electrons. The summed E-state index contributed by atoms with van der Waals surface area (Å²) in [6, 6.07) is 14.0. The van der Waals surface area contributed by atoms with Crippen molar-refractivity contribution < 1.29 is 18.8 Å². The number of allylic oxidation sites excluding steroid dienone is 1. The van der Waals surface area contributed by atoms with Crippen molar-refractivity contribution >= 4 is 64.0 Å². The van der Waals surface area contributed by atoms with Crippen LogP contribution >= 0.6 is 46.3 Å². The van der Waals surface area contributed by atoms with E-state index in [-0.39, 0.29) is 32.5 Å². The molecule has 1 aliphatic heterocycles. The second kappa shape index (κ2) is 13.2. The fraction of sp³-hybridized carbons (Fsp3) is 0.129. The van der Waals surface area contributed by atoms with E-state index >= 15 is 0 Å². The molecule has 0 bridgehead atoms. The van der Waals surface area contributed by atoms with Gasteiger partial charge in [-0.05, 0) is 79.2 Å². The predicted octanol–water partition coefficient (Wildman–Crippen LogP) is 6.09. The van der Waals surface area contributed by atoms with Crippen molar-refractivity contribution in [3.63, 3.8) is 0 Å². The molecule has 16 heteroatoms. The number of fused-ring (bicyclic) bond motifs is 1. The molecule has 1 N–H and O–H groups in total. The van der Waals surface area contributed by atoms with Crippen LogP contribution in [-0.2, 0) is 9.53 Å². The first kappa shape index (κ1) is 32.3. The maximum atomic E-state index is 13.8. The van der Waals surface area contributed by atoms with Gasteiger partial charge in [-0.15, -0.1) is 5.10 Å². The third kappa shape index (κ3) is 6.49. The zero-order valence-corrected chi connectivity index (χ0v) is 27.5. The lowest BCUT2D eigenvalue weighted by atomic mass is 9.96. The van der Waals surface area contributed by atoms with Crippen LogP contribution in [0, 0.1) is 15.9 Å². The highest BCUT2D eigenvalue weighted by atomic mass is 35.5. The van der Waals surface area contributed by atoms with Crippen LogP contribution in [0.4, 0.5) is 10.1 Å². The Hall–Kier alpha value is -4.63. The molecule has 0 spiro atoms. The van der Waals surface area contributed by atoms with Gasteiger partial charge < -0.3 is 4.74 Å². The third-order valence-electron chi connectivity index (χ3n) is 7.03. The van der Waals surface area contributed by atoms with Gasteiger partial charge in [0.2, 0.25) is 5.16 Å². The van der Waals surface area contributed by atoms with E-state index in [1.165, 1.54) is 41.0 Å². The number of benzene rings is 3. The smallest absolute Gasteiger partial charge is 0.338 e. The summed E-state index contributed by atoms with van der Waals surface area (Å²) < 4.78 is 20.7. The topological polar surface area (TPSA) is 145 Å². The van der Waals surface area contributed by atoms with Crippen molar-refractivity contribution in [3.05, 3.63) is 129 Å². The SMILES string of the molecule is CCOC(=O)C1=C(C)N=c2s/c(=C/c3ccc(Sc4n[nH]c(-c5ccc(Cl)cc5Cl)n4)c([N+](=O)[O-])c3)c(=O)n2[C@@H]1c1ccc(F)cc1. The third-order valence-corrected chi connectivity index (χ3v) is 9.49. The Morgan fingerprint density at radius 3 is 2.66 bits per heavy atom. The predicted molar refractivity (Wildman–Crippen MR) is 176 cm³/mol. The van der Waals surface area contributed by atoms with Crippen molar-refractivity contribution in [2.45, 2.75) is 29.9 Å². The minimum absolute atomic E-state index is 0.108. The van der Waals surface area contributed by atoms with Gasteiger partial charge in [0.25, 0.3) is 11.2 Å². The highest BCUT2D eigenvalue weighted by molar-refractivity contribution is 7.99. The number of halogens is 3. The lowest BCUT2D eigenvalue weighted by Gasteiger charge is -2.24. The number of nitro benzene ring substituents is 1. The number of nitrogens with one attached hydrogen (secondary N) is 1. The maximum absolute atomic E-state index is 13.8. The lowest BCUT2D eigenvalue weighted by Crippen LogP contribution is -2.39. The van der Waals surface area contributed by atoms with Gasteiger partial charge in [0.05, 0.1) is 43.3 Å². The number of nitro groups is 1. The number of thiazole rings is 1. The summed E-state index contributed by atoms with van der Waals surface area (Å²) in [6.07, 6.45) is 1.52. The van der Waals surface area contributed by atoms with Gasteiger partial charge in [0.1, 0.15) is 5.82 Å². The van der Waals surface area contributed by atoms with Gasteiger partial charge in [-0.25, -0.2) is 19.2 Å². The summed E-state index contributed by atoms with van der Waals surface area (Å²) in [4.78, 5) is 47.9. The quantitative estimate of drug-likeness (QED) is 0.116. The average molecular weight is 712 g/mol. The zero-order chi connectivity index (χ0) is 33.4. The van der Waals surface area contributed by atoms with Crippen molar-refractivity contribution in [2.75, 3.05) is 6.61 Å². The van der Waals surface area contributed by atoms with Gasteiger partial charge in [0.15, 0.2) is 10.6 Å². The number of carbonyl (C=O) groups excluding carboxylic acids is 1. The summed E-state index contributed by atoms with van der Waals surface area (Å²) in [6.45, 7) is 3.41. The molecular weight excluding hydrogens is 690 g/mol. The molecule has 3 heterocycles. The van der Waals surface area contributed by atoms with Gasteiger partial charge >= 0.3 is 5.97 Å². The summed E-state index contributed by atoms with van der Waals surface area (Å²) in [5.74, 6) is -0.753. The number of aromatic amines is 1. The first-order valence-corrected chi connectivity index (χ1v) is 16.2. The van der Waals surface area contributed by atoms with E-state index in [1.54, 1.807) is 44.2 Å². The summed E-state index contributed by atoms with van der Waals surface area (Å²) in [5.41, 5.74) is 1.24. The van der Waals surface area contributed by atoms with E-state index in [9.17, 15) is 24.1 Å². The minimum atomic E-state index is -0.921. The van der Waals surface area contributed by atoms with Gasteiger partial charge in [0, 0.05) is 16.7 Å². The maximum Gasteiger partial charge on any atom is 0.338 e. The number of hydrogen-bond acceptors (Lipinski definition) is 10. The van der Waals surface area contributed by atoms with Gasteiger partial charge in [-0.1, -0.05) is 52.7 Å². The van der Waals surface area contributed by atoms with Crippen LogP contribution in [0.1, 0.15) is 31.0 Å². The second-order valence-electron chi connectivity index (χ2n) is 10.0. The first-order chi connectivity index (χ1) is 22.5. The average Bonchev–Trinajstić information content (AvgIpc) is 3.61. The molecule has 0 aliphatic carbocycles. The van der Waals surface area contributed by atoms with Crippen molar-refractivity contribution in [1.82, 2.24) is 19.7 Å². The molecule has 6 rings (SSSR count). The second-order valence-corrected chi connectivity index (χ2v) is 12.9. The molecule has 0 unspecified atom stereocenters. The van der Waals surface area contributed by atoms with E-state index in [1.807, 2.05) is 0 Å². The van der Waals surface area contributed by atoms with Crippen LogP contribution in [0.2, 0.25) is 10.0 Å². The minimum Gasteiger partial charge on any atom is -0.463 e. The molecule has 47 heavy (non-hydrogen) atoms. The number of rotatable bonds is 8. The van der Waals surface area contributed by atoms with Crippen molar-refractivity contribution in [3.8, 4) is 11.4 Å². The Morgan fingerprint density at radius 2 is 1.96 bits per heavy atom. The Kier molecular flexibility index (Phi) is 9.10. The molecule has 0 saturated heterocycles.